The summed E-state index contributed by atoms with van der Waals surface area (Å²) in [6.07, 6.45) is 0.114. The van der Waals surface area contributed by atoms with E-state index in [4.69, 9.17) is 5.11 Å². The highest BCUT2D eigenvalue weighted by Crippen LogP contribution is 2.27. The van der Waals surface area contributed by atoms with Crippen LogP contribution in [-0.4, -0.2) is 36.4 Å². The molecule has 0 aliphatic carbocycles. The van der Waals surface area contributed by atoms with Gasteiger partial charge in [0.05, 0.1) is 6.67 Å². The molecule has 0 saturated carbocycles. The Kier molecular flexibility index (Phi) is 2.49. The van der Waals surface area contributed by atoms with Crippen LogP contribution in [-0.2, 0) is 6.42 Å². The largest absolute Gasteiger partial charge is 0.465 e. The molecule has 1 aromatic carbocycles. The molecule has 1 aromatic rings. The van der Waals surface area contributed by atoms with Crippen LogP contribution in [0.4, 0.5) is 10.5 Å². The summed E-state index contributed by atoms with van der Waals surface area (Å²) in [4.78, 5) is 14.1. The summed E-state index contributed by atoms with van der Waals surface area (Å²) < 4.78 is 0. The molecule has 1 amide bonds. The van der Waals surface area contributed by atoms with Gasteiger partial charge < -0.3 is 10.0 Å². The lowest BCUT2D eigenvalue weighted by Crippen LogP contribution is -2.37. The van der Waals surface area contributed by atoms with E-state index >= 15 is 0 Å². The van der Waals surface area contributed by atoms with E-state index < -0.39 is 6.09 Å². The normalized spacial score (nSPS) is 13.8. The predicted octanol–water partition coefficient (Wildman–Crippen LogP) is 1.62. The van der Waals surface area contributed by atoms with Crippen LogP contribution < -0.4 is 4.90 Å². The van der Waals surface area contributed by atoms with Gasteiger partial charge in [0.25, 0.3) is 0 Å². The van der Waals surface area contributed by atoms with E-state index in [-0.39, 0.29) is 0 Å². The molecule has 0 fully saturated rings. The number of hydrogen-bond donors (Lipinski definition) is 1. The average Bonchev–Trinajstić information content (AvgIpc) is 2.62. The van der Waals surface area contributed by atoms with Gasteiger partial charge in [0.1, 0.15) is 0 Å². The topological polar surface area (TPSA) is 43.8 Å². The third-order valence-corrected chi connectivity index (χ3v) is 2.69. The second kappa shape index (κ2) is 3.81. The number of fused-ring (bicyclic) bond motifs is 1. The van der Waals surface area contributed by atoms with Crippen LogP contribution in [0.25, 0.3) is 0 Å². The Balaban J connectivity index is 2.11. The van der Waals surface area contributed by atoms with Crippen molar-refractivity contribution in [1.29, 1.82) is 0 Å². The summed E-state index contributed by atoms with van der Waals surface area (Å²) in [6, 6.07) is 8.13. The minimum atomic E-state index is -0.889. The lowest BCUT2D eigenvalue weighted by atomic mass is 10.2. The van der Waals surface area contributed by atoms with Crippen LogP contribution in [0.2, 0.25) is 0 Å². The van der Waals surface area contributed by atoms with E-state index in [0.717, 1.165) is 18.7 Å². The zero-order valence-corrected chi connectivity index (χ0v) is 8.68. The number of benzene rings is 1. The van der Waals surface area contributed by atoms with Crippen molar-refractivity contribution >= 4 is 11.8 Å². The highest BCUT2D eigenvalue weighted by atomic mass is 16.4. The molecule has 0 saturated heterocycles. The molecule has 4 heteroatoms. The second-order valence-corrected chi connectivity index (χ2v) is 3.76. The Morgan fingerprint density at radius 1 is 1.53 bits per heavy atom. The van der Waals surface area contributed by atoms with Gasteiger partial charge in [0.15, 0.2) is 0 Å². The number of anilines is 1. The monoisotopic (exact) mass is 206 g/mol. The number of hydrogen-bond acceptors (Lipinski definition) is 2. The van der Waals surface area contributed by atoms with E-state index in [2.05, 4.69) is 11.0 Å². The summed E-state index contributed by atoms with van der Waals surface area (Å²) >= 11 is 0. The van der Waals surface area contributed by atoms with Crippen LogP contribution in [0, 0.1) is 0 Å². The predicted molar refractivity (Wildman–Crippen MR) is 58.1 cm³/mol. The van der Waals surface area contributed by atoms with E-state index in [1.165, 1.54) is 10.5 Å². The van der Waals surface area contributed by atoms with Gasteiger partial charge in [-0.05, 0) is 18.1 Å². The molecule has 0 spiro atoms. The Morgan fingerprint density at radius 2 is 2.27 bits per heavy atom. The zero-order valence-electron chi connectivity index (χ0n) is 8.68. The van der Waals surface area contributed by atoms with Gasteiger partial charge in [-0.2, -0.15) is 0 Å². The van der Waals surface area contributed by atoms with Gasteiger partial charge in [-0.25, -0.2) is 4.79 Å². The average molecular weight is 206 g/mol. The molecule has 0 radical (unpaired) electrons. The lowest BCUT2D eigenvalue weighted by molar-refractivity contribution is 0.156. The maximum atomic E-state index is 10.7. The SMILES string of the molecule is CN(CN1CCc2ccccc21)C(=O)O. The molecular weight excluding hydrogens is 192 g/mol. The van der Waals surface area contributed by atoms with Crippen molar-refractivity contribution < 1.29 is 9.90 Å². The van der Waals surface area contributed by atoms with Crippen LogP contribution in [0.15, 0.2) is 24.3 Å². The first-order valence-electron chi connectivity index (χ1n) is 4.95. The van der Waals surface area contributed by atoms with Crippen LogP contribution in [0.3, 0.4) is 0 Å². The van der Waals surface area contributed by atoms with E-state index in [9.17, 15) is 4.79 Å². The molecule has 4 nitrogen and oxygen atoms in total. The number of amides is 1. The molecule has 80 valence electrons. The smallest absolute Gasteiger partial charge is 0.408 e. The highest BCUT2D eigenvalue weighted by molar-refractivity contribution is 5.66. The van der Waals surface area contributed by atoms with Gasteiger partial charge in [-0.3, -0.25) is 4.90 Å². The van der Waals surface area contributed by atoms with Crippen LogP contribution >= 0.6 is 0 Å². The number of carbonyl (C=O) groups is 1. The Hall–Kier alpha value is -1.71. The van der Waals surface area contributed by atoms with Gasteiger partial charge in [0.2, 0.25) is 0 Å². The van der Waals surface area contributed by atoms with Crippen LogP contribution in [0.1, 0.15) is 5.56 Å². The molecule has 1 heterocycles. The molecule has 15 heavy (non-hydrogen) atoms. The first-order valence-corrected chi connectivity index (χ1v) is 4.95. The van der Waals surface area contributed by atoms with E-state index in [0.29, 0.717) is 6.67 Å². The maximum absolute atomic E-state index is 10.7. The fourth-order valence-electron chi connectivity index (χ4n) is 1.87. The molecule has 0 atom stereocenters. The minimum Gasteiger partial charge on any atom is -0.465 e. The lowest BCUT2D eigenvalue weighted by Gasteiger charge is -2.24. The van der Waals surface area contributed by atoms with Crippen molar-refractivity contribution in [1.82, 2.24) is 4.90 Å². The summed E-state index contributed by atoms with van der Waals surface area (Å²) in [5.41, 5.74) is 2.46. The van der Waals surface area contributed by atoms with E-state index in [1.54, 1.807) is 7.05 Å². The van der Waals surface area contributed by atoms with Crippen molar-refractivity contribution in [3.8, 4) is 0 Å². The Labute approximate surface area is 88.7 Å². The van der Waals surface area contributed by atoms with Crippen molar-refractivity contribution in [2.45, 2.75) is 6.42 Å². The molecule has 1 aliphatic heterocycles. The van der Waals surface area contributed by atoms with Crippen molar-refractivity contribution in [3.63, 3.8) is 0 Å². The minimum absolute atomic E-state index is 0.437. The Morgan fingerprint density at radius 3 is 3.00 bits per heavy atom. The summed E-state index contributed by atoms with van der Waals surface area (Å²) in [5.74, 6) is 0. The third kappa shape index (κ3) is 1.88. The van der Waals surface area contributed by atoms with Crippen molar-refractivity contribution in [2.75, 3.05) is 25.2 Å². The quantitative estimate of drug-likeness (QED) is 0.799. The molecule has 0 bridgehead atoms. The molecule has 2 rings (SSSR count). The van der Waals surface area contributed by atoms with Gasteiger partial charge in [0, 0.05) is 19.3 Å². The highest BCUT2D eigenvalue weighted by Gasteiger charge is 2.20. The number of para-hydroxylation sites is 1. The fourth-order valence-corrected chi connectivity index (χ4v) is 1.87. The summed E-state index contributed by atoms with van der Waals surface area (Å²) in [5, 5.41) is 8.79. The first kappa shape index (κ1) is 9.83. The van der Waals surface area contributed by atoms with Crippen LogP contribution in [0.5, 0.6) is 0 Å². The zero-order chi connectivity index (χ0) is 10.8. The number of nitrogens with zero attached hydrogens (tertiary/aromatic N) is 2. The standard InChI is InChI=1S/C11H14N2O2/c1-12(11(14)15)8-13-7-6-9-4-2-3-5-10(9)13/h2-5H,6-8H2,1H3,(H,14,15). The number of carboxylic acid groups (broad SMARTS) is 1. The first-order chi connectivity index (χ1) is 7.18. The molecule has 0 unspecified atom stereocenters. The summed E-state index contributed by atoms with van der Waals surface area (Å²) in [6.45, 7) is 1.34. The molecule has 0 aromatic heterocycles. The summed E-state index contributed by atoms with van der Waals surface area (Å²) in [7, 11) is 1.59. The van der Waals surface area contributed by atoms with Gasteiger partial charge in [-0.1, -0.05) is 18.2 Å². The molecule has 1 N–H and O–H groups in total. The van der Waals surface area contributed by atoms with Crippen molar-refractivity contribution in [2.24, 2.45) is 0 Å². The second-order valence-electron chi connectivity index (χ2n) is 3.76. The molecular formula is C11H14N2O2. The van der Waals surface area contributed by atoms with Gasteiger partial charge >= 0.3 is 6.09 Å². The molecule has 1 aliphatic rings. The Bertz CT molecular complexity index is 379. The van der Waals surface area contributed by atoms with E-state index in [1.807, 2.05) is 18.2 Å². The fraction of sp³-hybridized carbons (Fsp3) is 0.364. The number of rotatable bonds is 2. The third-order valence-electron chi connectivity index (χ3n) is 2.69. The van der Waals surface area contributed by atoms with Gasteiger partial charge in [-0.15, -0.1) is 0 Å². The van der Waals surface area contributed by atoms with Crippen molar-refractivity contribution in [3.05, 3.63) is 29.8 Å². The maximum Gasteiger partial charge on any atom is 0.408 e.